The fourth-order valence-electron chi connectivity index (χ4n) is 1.98. The molecule has 2 aromatic rings. The van der Waals surface area contributed by atoms with Gasteiger partial charge in [-0.3, -0.25) is 4.98 Å². The second kappa shape index (κ2) is 5.26. The number of pyridine rings is 1. The SMILES string of the molecule is Cc1cnc(CN(C)c2cccc(F)c2)c(C)c1N. The molecule has 0 amide bonds. The molecule has 0 bridgehead atoms. The summed E-state index contributed by atoms with van der Waals surface area (Å²) in [6, 6.07) is 6.51. The first-order valence-corrected chi connectivity index (χ1v) is 6.16. The highest BCUT2D eigenvalue weighted by Crippen LogP contribution is 2.21. The van der Waals surface area contributed by atoms with E-state index in [1.807, 2.05) is 31.9 Å². The van der Waals surface area contributed by atoms with Crippen LogP contribution >= 0.6 is 0 Å². The van der Waals surface area contributed by atoms with Crippen molar-refractivity contribution in [3.05, 3.63) is 53.1 Å². The van der Waals surface area contributed by atoms with E-state index >= 15 is 0 Å². The standard InChI is InChI=1S/C15H18FN3/c1-10-8-18-14(11(2)15(10)17)9-19(3)13-6-4-5-12(16)7-13/h4-8H,9H2,1-3H3,(H2,17,18). The van der Waals surface area contributed by atoms with Crippen molar-refractivity contribution in [1.82, 2.24) is 4.98 Å². The third-order valence-corrected chi connectivity index (χ3v) is 3.31. The van der Waals surface area contributed by atoms with Crippen LogP contribution in [0.5, 0.6) is 0 Å². The van der Waals surface area contributed by atoms with Gasteiger partial charge >= 0.3 is 0 Å². The summed E-state index contributed by atoms with van der Waals surface area (Å²) in [4.78, 5) is 6.36. The predicted octanol–water partition coefficient (Wildman–Crippen LogP) is 3.06. The third kappa shape index (κ3) is 2.84. The first-order chi connectivity index (χ1) is 8.99. The molecule has 1 aromatic heterocycles. The van der Waals surface area contributed by atoms with E-state index in [1.165, 1.54) is 12.1 Å². The van der Waals surface area contributed by atoms with Gasteiger partial charge in [0.05, 0.1) is 12.2 Å². The van der Waals surface area contributed by atoms with E-state index in [1.54, 1.807) is 12.3 Å². The fraction of sp³-hybridized carbons (Fsp3) is 0.267. The molecule has 0 saturated carbocycles. The van der Waals surface area contributed by atoms with Crippen LogP contribution in [0.3, 0.4) is 0 Å². The van der Waals surface area contributed by atoms with Crippen molar-refractivity contribution in [2.45, 2.75) is 20.4 Å². The summed E-state index contributed by atoms with van der Waals surface area (Å²) in [7, 11) is 1.91. The molecule has 0 unspecified atom stereocenters. The Bertz CT molecular complexity index is 596. The van der Waals surface area contributed by atoms with Crippen molar-refractivity contribution in [3.63, 3.8) is 0 Å². The lowest BCUT2D eigenvalue weighted by atomic mass is 10.1. The molecule has 1 heterocycles. The lowest BCUT2D eigenvalue weighted by Crippen LogP contribution is -2.18. The number of rotatable bonds is 3. The minimum atomic E-state index is -0.238. The molecule has 3 nitrogen and oxygen atoms in total. The number of aromatic nitrogens is 1. The van der Waals surface area contributed by atoms with Crippen LogP contribution in [0.4, 0.5) is 15.8 Å². The van der Waals surface area contributed by atoms with Crippen LogP contribution < -0.4 is 10.6 Å². The zero-order valence-electron chi connectivity index (χ0n) is 11.4. The van der Waals surface area contributed by atoms with E-state index in [4.69, 9.17) is 5.73 Å². The number of nitrogens with zero attached hydrogens (tertiary/aromatic N) is 2. The maximum Gasteiger partial charge on any atom is 0.125 e. The first-order valence-electron chi connectivity index (χ1n) is 6.16. The molecule has 1 aromatic carbocycles. The summed E-state index contributed by atoms with van der Waals surface area (Å²) in [5, 5.41) is 0. The number of benzene rings is 1. The first kappa shape index (κ1) is 13.3. The molecule has 0 aliphatic carbocycles. The van der Waals surface area contributed by atoms with Crippen molar-refractivity contribution in [1.29, 1.82) is 0 Å². The average molecular weight is 259 g/mol. The molecule has 2 N–H and O–H groups in total. The maximum atomic E-state index is 13.2. The Morgan fingerprint density at radius 3 is 2.74 bits per heavy atom. The second-order valence-electron chi connectivity index (χ2n) is 4.76. The van der Waals surface area contributed by atoms with Gasteiger partial charge in [0.15, 0.2) is 0 Å². The molecule has 0 spiro atoms. The van der Waals surface area contributed by atoms with Gasteiger partial charge in [-0.25, -0.2) is 4.39 Å². The largest absolute Gasteiger partial charge is 0.398 e. The number of hydrogen-bond acceptors (Lipinski definition) is 3. The highest BCUT2D eigenvalue weighted by atomic mass is 19.1. The van der Waals surface area contributed by atoms with E-state index in [0.29, 0.717) is 6.54 Å². The number of aryl methyl sites for hydroxylation is 1. The number of anilines is 2. The van der Waals surface area contributed by atoms with Crippen LogP contribution in [0, 0.1) is 19.7 Å². The van der Waals surface area contributed by atoms with Gasteiger partial charge in [0.2, 0.25) is 0 Å². The molecule has 4 heteroatoms. The van der Waals surface area contributed by atoms with Gasteiger partial charge in [-0.15, -0.1) is 0 Å². The van der Waals surface area contributed by atoms with E-state index in [2.05, 4.69) is 4.98 Å². The van der Waals surface area contributed by atoms with Crippen LogP contribution in [-0.4, -0.2) is 12.0 Å². The van der Waals surface area contributed by atoms with Gasteiger partial charge < -0.3 is 10.6 Å². The summed E-state index contributed by atoms with van der Waals surface area (Å²) in [5.74, 6) is -0.238. The van der Waals surface area contributed by atoms with Gasteiger partial charge in [-0.2, -0.15) is 0 Å². The highest BCUT2D eigenvalue weighted by Gasteiger charge is 2.09. The van der Waals surface area contributed by atoms with Gasteiger partial charge in [0.25, 0.3) is 0 Å². The van der Waals surface area contributed by atoms with Crippen LogP contribution in [0.15, 0.2) is 30.5 Å². The van der Waals surface area contributed by atoms with Crippen molar-refractivity contribution in [2.24, 2.45) is 0 Å². The van der Waals surface area contributed by atoms with Crippen molar-refractivity contribution in [2.75, 3.05) is 17.7 Å². The normalized spacial score (nSPS) is 10.5. The molecule has 19 heavy (non-hydrogen) atoms. The van der Waals surface area contributed by atoms with Gasteiger partial charge in [0, 0.05) is 24.6 Å². The monoisotopic (exact) mass is 259 g/mol. The fourth-order valence-corrected chi connectivity index (χ4v) is 1.98. The zero-order valence-corrected chi connectivity index (χ0v) is 11.4. The number of hydrogen-bond donors (Lipinski definition) is 1. The Morgan fingerprint density at radius 2 is 2.05 bits per heavy atom. The summed E-state index contributed by atoms with van der Waals surface area (Å²) >= 11 is 0. The van der Waals surface area contributed by atoms with Crippen LogP contribution in [0.2, 0.25) is 0 Å². The van der Waals surface area contributed by atoms with Crippen molar-refractivity contribution < 1.29 is 4.39 Å². The summed E-state index contributed by atoms with van der Waals surface area (Å²) < 4.78 is 13.2. The summed E-state index contributed by atoms with van der Waals surface area (Å²) in [6.45, 7) is 4.50. The second-order valence-corrected chi connectivity index (χ2v) is 4.76. The summed E-state index contributed by atoms with van der Waals surface area (Å²) in [5.41, 5.74) is 10.5. The molecule has 100 valence electrons. The van der Waals surface area contributed by atoms with E-state index in [9.17, 15) is 4.39 Å². The minimum absolute atomic E-state index is 0.238. The number of nitrogens with two attached hydrogens (primary N) is 1. The molecular weight excluding hydrogens is 241 g/mol. The molecular formula is C15H18FN3. The maximum absolute atomic E-state index is 13.2. The molecule has 0 aliphatic heterocycles. The van der Waals surface area contributed by atoms with Crippen LogP contribution in [0.25, 0.3) is 0 Å². The smallest absolute Gasteiger partial charge is 0.125 e. The lowest BCUT2D eigenvalue weighted by molar-refractivity contribution is 0.627. The van der Waals surface area contributed by atoms with Gasteiger partial charge in [-0.05, 0) is 43.2 Å². The zero-order chi connectivity index (χ0) is 14.0. The number of nitrogen functional groups attached to an aromatic ring is 1. The van der Waals surface area contributed by atoms with Crippen LogP contribution in [-0.2, 0) is 6.54 Å². The Kier molecular flexibility index (Phi) is 3.69. The molecule has 0 aliphatic rings. The molecule has 0 saturated heterocycles. The molecule has 0 fully saturated rings. The Balaban J connectivity index is 2.24. The highest BCUT2D eigenvalue weighted by molar-refractivity contribution is 5.54. The van der Waals surface area contributed by atoms with Crippen molar-refractivity contribution in [3.8, 4) is 0 Å². The van der Waals surface area contributed by atoms with Gasteiger partial charge in [-0.1, -0.05) is 6.07 Å². The molecule has 0 radical (unpaired) electrons. The summed E-state index contributed by atoms with van der Waals surface area (Å²) in [6.07, 6.45) is 1.77. The Hall–Kier alpha value is -2.10. The van der Waals surface area contributed by atoms with Crippen molar-refractivity contribution >= 4 is 11.4 Å². The van der Waals surface area contributed by atoms with Gasteiger partial charge in [0.1, 0.15) is 5.82 Å². The predicted molar refractivity (Wildman–Crippen MR) is 76.6 cm³/mol. The van der Waals surface area contributed by atoms with Crippen LogP contribution in [0.1, 0.15) is 16.8 Å². The Labute approximate surface area is 112 Å². The third-order valence-electron chi connectivity index (χ3n) is 3.31. The van der Waals surface area contributed by atoms with E-state index in [-0.39, 0.29) is 5.82 Å². The van der Waals surface area contributed by atoms with E-state index in [0.717, 1.165) is 28.2 Å². The molecule has 2 rings (SSSR count). The average Bonchev–Trinajstić information content (AvgIpc) is 2.39. The minimum Gasteiger partial charge on any atom is -0.398 e. The van der Waals surface area contributed by atoms with E-state index < -0.39 is 0 Å². The quantitative estimate of drug-likeness (QED) is 0.921. The lowest BCUT2D eigenvalue weighted by Gasteiger charge is -2.20. The molecule has 0 atom stereocenters. The Morgan fingerprint density at radius 1 is 1.32 bits per heavy atom. The number of halogens is 1. The topological polar surface area (TPSA) is 42.2 Å².